The van der Waals surface area contributed by atoms with E-state index in [0.29, 0.717) is 0 Å². The Kier molecular flexibility index (Phi) is 13.6. The molecule has 4 aliphatic heterocycles. The molecule has 3 fully saturated rings. The molecule has 318 valence electrons. The number of alkyl halides is 3. The van der Waals surface area contributed by atoms with Gasteiger partial charge in [0.25, 0.3) is 11.8 Å². The Labute approximate surface area is 361 Å². The van der Waals surface area contributed by atoms with Gasteiger partial charge in [-0.15, -0.1) is 23.2 Å². The molecule has 0 N–H and O–H groups in total. The Morgan fingerprint density at radius 3 is 1.68 bits per heavy atom. The van der Waals surface area contributed by atoms with Gasteiger partial charge >= 0.3 is 23.9 Å². The first-order chi connectivity index (χ1) is 28.8. The van der Waals surface area contributed by atoms with Crippen molar-refractivity contribution < 1.29 is 71.4 Å². The average molecular weight is 936 g/mol. The van der Waals surface area contributed by atoms with Crippen LogP contribution in [-0.2, 0) is 52.2 Å². The fourth-order valence-corrected chi connectivity index (χ4v) is 8.36. The second-order valence-corrected chi connectivity index (χ2v) is 15.8. The molecular weight excluding hydrogens is 897 g/mol. The zero-order chi connectivity index (χ0) is 42.7. The second kappa shape index (κ2) is 18.7. The number of carbonyl (C=O) groups excluding carboxylic acids is 6. The number of benzene rings is 3. The maximum atomic E-state index is 14.0. The van der Waals surface area contributed by atoms with Gasteiger partial charge in [-0.1, -0.05) is 64.5 Å². The molecule has 19 heteroatoms. The van der Waals surface area contributed by atoms with Gasteiger partial charge in [-0.2, -0.15) is 0 Å². The second-order valence-electron chi connectivity index (χ2n) is 14.4. The maximum absolute atomic E-state index is 14.0. The third-order valence-electron chi connectivity index (χ3n) is 9.98. The van der Waals surface area contributed by atoms with E-state index in [1.807, 2.05) is 0 Å². The van der Waals surface area contributed by atoms with Crippen molar-refractivity contribution in [3.05, 3.63) is 107 Å². The minimum Gasteiger partial charge on any atom is -0.459 e. The maximum Gasteiger partial charge on any atom is 0.338 e. The number of fused-ring (bicyclic) bond motifs is 2. The predicted octanol–water partition coefficient (Wildman–Crippen LogP) is 4.42. The molecule has 0 saturated carbocycles. The number of imide groups is 1. The summed E-state index contributed by atoms with van der Waals surface area (Å²) in [7, 11) is 0. The molecule has 16 nitrogen and oxygen atoms in total. The lowest BCUT2D eigenvalue weighted by Gasteiger charge is -2.49. The zero-order valence-corrected chi connectivity index (χ0v) is 35.0. The van der Waals surface area contributed by atoms with Gasteiger partial charge in [0.1, 0.15) is 66.5 Å². The Balaban J connectivity index is 1.27. The first kappa shape index (κ1) is 43.6. The van der Waals surface area contributed by atoms with Crippen LogP contribution >= 0.6 is 39.1 Å². The smallest absolute Gasteiger partial charge is 0.338 e. The Morgan fingerprint density at radius 1 is 0.667 bits per heavy atom. The third-order valence-corrected chi connectivity index (χ3v) is 11.2. The molecule has 0 spiro atoms. The van der Waals surface area contributed by atoms with Crippen LogP contribution in [0.2, 0.25) is 0 Å². The van der Waals surface area contributed by atoms with Gasteiger partial charge in [0.15, 0.2) is 24.3 Å². The molecule has 3 saturated heterocycles. The van der Waals surface area contributed by atoms with Crippen molar-refractivity contribution in [1.29, 1.82) is 0 Å². The van der Waals surface area contributed by atoms with Gasteiger partial charge < -0.3 is 42.6 Å². The summed E-state index contributed by atoms with van der Waals surface area (Å²) in [4.78, 5) is 81.2. The Hall–Kier alpha value is -4.46. The van der Waals surface area contributed by atoms with Gasteiger partial charge in [0, 0.05) is 0 Å². The molecule has 0 aromatic heterocycles. The number of carbonyl (C=O) groups is 6. The van der Waals surface area contributed by atoms with Crippen LogP contribution in [0.1, 0.15) is 55.3 Å². The number of rotatable bonds is 13. The number of esters is 4. The van der Waals surface area contributed by atoms with Crippen molar-refractivity contribution in [2.75, 3.05) is 25.0 Å². The van der Waals surface area contributed by atoms with Gasteiger partial charge in [0.2, 0.25) is 0 Å². The Morgan fingerprint density at radius 2 is 1.15 bits per heavy atom. The van der Waals surface area contributed by atoms with Crippen molar-refractivity contribution in [2.24, 2.45) is 0 Å². The van der Waals surface area contributed by atoms with Crippen LogP contribution < -0.4 is 0 Å². The van der Waals surface area contributed by atoms with Crippen molar-refractivity contribution in [3.63, 3.8) is 0 Å². The normalized spacial score (nSPS) is 29.2. The van der Waals surface area contributed by atoms with E-state index in [2.05, 4.69) is 15.9 Å². The predicted molar refractivity (Wildman–Crippen MR) is 210 cm³/mol. The average Bonchev–Trinajstić information content (AvgIpc) is 3.72. The van der Waals surface area contributed by atoms with Crippen LogP contribution in [0, 0.1) is 0 Å². The summed E-state index contributed by atoms with van der Waals surface area (Å²) in [6.07, 6.45) is -11.0. The summed E-state index contributed by atoms with van der Waals surface area (Å²) in [5.41, 5.74) is 0.642. The topological polar surface area (TPSA) is 189 Å². The lowest BCUT2D eigenvalue weighted by Crippen LogP contribution is -2.68. The van der Waals surface area contributed by atoms with E-state index in [9.17, 15) is 28.8 Å². The summed E-state index contributed by atoms with van der Waals surface area (Å²) in [5.74, 6) is -7.27. The van der Waals surface area contributed by atoms with E-state index in [-0.39, 0.29) is 22.3 Å². The monoisotopic (exact) mass is 933 g/mol. The first-order valence-corrected chi connectivity index (χ1v) is 20.7. The molecule has 0 bridgehead atoms. The molecule has 0 unspecified atom stereocenters. The summed E-state index contributed by atoms with van der Waals surface area (Å²) < 4.78 is 54.9. The van der Waals surface area contributed by atoms with Crippen LogP contribution in [0.3, 0.4) is 0 Å². The highest BCUT2D eigenvalue weighted by Crippen LogP contribution is 2.42. The largest absolute Gasteiger partial charge is 0.459 e. The third kappa shape index (κ3) is 9.23. The molecule has 3 aromatic rings. The summed E-state index contributed by atoms with van der Waals surface area (Å²) in [5, 5.41) is -1.26. The van der Waals surface area contributed by atoms with Crippen molar-refractivity contribution in [3.8, 4) is 0 Å². The molecule has 4 aliphatic rings. The number of ether oxygens (including phenoxy) is 9. The van der Waals surface area contributed by atoms with Crippen LogP contribution in [0.25, 0.3) is 0 Å². The van der Waals surface area contributed by atoms with Crippen molar-refractivity contribution in [1.82, 2.24) is 4.90 Å². The van der Waals surface area contributed by atoms with Crippen LogP contribution in [0.15, 0.2) is 84.9 Å². The first-order valence-electron chi connectivity index (χ1n) is 18.7. The molecule has 0 aliphatic carbocycles. The number of hydrogen-bond acceptors (Lipinski definition) is 15. The van der Waals surface area contributed by atoms with Crippen LogP contribution in [0.4, 0.5) is 0 Å². The van der Waals surface area contributed by atoms with Gasteiger partial charge in [-0.05, 0) is 50.2 Å². The number of halogens is 3. The molecule has 4 heterocycles. The molecule has 60 heavy (non-hydrogen) atoms. The quantitative estimate of drug-likeness (QED) is 0.101. The molecule has 10 atom stereocenters. The lowest BCUT2D eigenvalue weighted by molar-refractivity contribution is -0.324. The number of amides is 2. The molecule has 0 radical (unpaired) electrons. The van der Waals surface area contributed by atoms with E-state index >= 15 is 0 Å². The number of hydrogen-bond donors (Lipinski definition) is 0. The minimum atomic E-state index is -1.68. The summed E-state index contributed by atoms with van der Waals surface area (Å²) in [6, 6.07) is 20.9. The van der Waals surface area contributed by atoms with Gasteiger partial charge in [0.05, 0.1) is 22.3 Å². The highest BCUT2D eigenvalue weighted by molar-refractivity contribution is 9.09. The fraction of sp³-hybridized carbons (Fsp3) is 0.415. The van der Waals surface area contributed by atoms with Crippen LogP contribution in [-0.4, -0.2) is 131 Å². The van der Waals surface area contributed by atoms with Crippen LogP contribution in [0.5, 0.6) is 0 Å². The van der Waals surface area contributed by atoms with Gasteiger partial charge in [-0.25, -0.2) is 9.59 Å². The fourth-order valence-electron chi connectivity index (χ4n) is 7.42. The van der Waals surface area contributed by atoms with Crippen molar-refractivity contribution >= 4 is 74.8 Å². The molecule has 7 rings (SSSR count). The minimum absolute atomic E-state index is 0.0876. The highest BCUT2D eigenvalue weighted by atomic mass is 79.9. The SMILES string of the molecule is CC1(C)O[C@H]2[C@@H](O1)[C@@H](COC(=O)c1ccccc1)O[C@@H](O[C@H]1[C@H](OC(=O)CCl)[C@@H](N3C(=O)c4ccccc4C3=O)[C@H](Br)O[C@@H]1COC(=O)c1ccccc1)[C@@H]2OC(=O)CCl. The van der Waals surface area contributed by atoms with Gasteiger partial charge in [-0.3, -0.25) is 24.1 Å². The van der Waals surface area contributed by atoms with E-state index in [1.54, 1.807) is 74.5 Å². The van der Waals surface area contributed by atoms with E-state index in [1.165, 1.54) is 24.3 Å². The standard InChI is InChI=1S/C41H38BrCl2NO15/c1-41(2)59-31-26(20-53-39(51)22-13-7-4-8-14-22)55-40(34(33(31)60-41)57-28(47)18-44)58-30-25(19-52-38(50)21-11-5-3-6-12-21)54-35(42)29(32(30)56-27(46)17-43)45-36(48)23-15-9-10-16-24(23)37(45)49/h3-16,25-26,29-35,40H,17-20H2,1-2H3/t25-,26-,29-,30-,31+,32-,33+,34-,35-,40+/m1/s1. The Bertz CT molecular complexity index is 2060. The highest BCUT2D eigenvalue weighted by Gasteiger charge is 2.61. The zero-order valence-electron chi connectivity index (χ0n) is 31.9. The van der Waals surface area contributed by atoms with E-state index in [0.717, 1.165) is 4.90 Å². The summed E-state index contributed by atoms with van der Waals surface area (Å²) >= 11 is 15.3. The van der Waals surface area contributed by atoms with E-state index in [4.69, 9.17) is 65.8 Å². The molecular formula is C41H38BrCl2NO15. The van der Waals surface area contributed by atoms with E-state index < -0.39 is 127 Å². The molecule has 2 amide bonds. The number of nitrogens with zero attached hydrogens (tertiary/aromatic N) is 1. The summed E-state index contributed by atoms with van der Waals surface area (Å²) in [6.45, 7) is 2.28. The van der Waals surface area contributed by atoms with Crippen molar-refractivity contribution in [2.45, 2.75) is 79.7 Å². The lowest BCUT2D eigenvalue weighted by atomic mass is 9.95. The molecule has 3 aromatic carbocycles.